The highest BCUT2D eigenvalue weighted by atomic mass is 16.3. The van der Waals surface area contributed by atoms with Crippen LogP contribution in [-0.4, -0.2) is 35.0 Å². The summed E-state index contributed by atoms with van der Waals surface area (Å²) >= 11 is 0. The molecule has 0 aromatic rings. The van der Waals surface area contributed by atoms with Gasteiger partial charge in [0.05, 0.1) is 6.10 Å². The third-order valence-electron chi connectivity index (χ3n) is 3.79. The van der Waals surface area contributed by atoms with E-state index in [1.54, 1.807) is 0 Å². The summed E-state index contributed by atoms with van der Waals surface area (Å²) in [6.07, 6.45) is 1.80. The van der Waals surface area contributed by atoms with Gasteiger partial charge < -0.3 is 15.5 Å². The summed E-state index contributed by atoms with van der Waals surface area (Å²) in [5.74, 6) is 0.466. The van der Waals surface area contributed by atoms with Crippen molar-refractivity contribution in [2.45, 2.75) is 44.9 Å². The zero-order chi connectivity index (χ0) is 9.64. The molecule has 2 saturated carbocycles. The van der Waals surface area contributed by atoms with Crippen LogP contribution in [0, 0.1) is 11.3 Å². The molecular weight excluding hydrogens is 166 g/mol. The molecule has 2 rings (SSSR count). The minimum atomic E-state index is -0.156. The third kappa shape index (κ3) is 1.49. The van der Waals surface area contributed by atoms with Crippen molar-refractivity contribution in [1.82, 2.24) is 5.32 Å². The van der Waals surface area contributed by atoms with Gasteiger partial charge in [0.15, 0.2) is 0 Å². The first-order chi connectivity index (χ1) is 6.05. The van der Waals surface area contributed by atoms with Gasteiger partial charge in [0.1, 0.15) is 0 Å². The van der Waals surface area contributed by atoms with Gasteiger partial charge >= 0.3 is 0 Å². The van der Waals surface area contributed by atoms with Crippen LogP contribution in [-0.2, 0) is 0 Å². The first-order valence-electron chi connectivity index (χ1n) is 5.10. The van der Waals surface area contributed by atoms with Crippen LogP contribution >= 0.6 is 0 Å². The molecular formula is C10H19NO2. The summed E-state index contributed by atoms with van der Waals surface area (Å²) in [7, 11) is 0. The molecule has 2 aliphatic carbocycles. The molecule has 3 nitrogen and oxygen atoms in total. The first kappa shape index (κ1) is 9.44. The lowest BCUT2D eigenvalue weighted by Crippen LogP contribution is -2.60. The van der Waals surface area contributed by atoms with Gasteiger partial charge in [-0.1, -0.05) is 13.8 Å². The van der Waals surface area contributed by atoms with Crippen molar-refractivity contribution in [3.8, 4) is 0 Å². The molecule has 76 valence electrons. The summed E-state index contributed by atoms with van der Waals surface area (Å²) in [5, 5.41) is 21.9. The van der Waals surface area contributed by atoms with Gasteiger partial charge in [-0.2, -0.15) is 0 Å². The Balaban J connectivity index is 1.79. The molecule has 0 bridgehead atoms. The predicted molar refractivity (Wildman–Crippen MR) is 50.3 cm³/mol. The average Bonchev–Trinajstić information content (AvgIpc) is 2.83. The fourth-order valence-electron chi connectivity index (χ4n) is 2.10. The molecule has 2 fully saturated rings. The number of rotatable bonds is 3. The second kappa shape index (κ2) is 2.94. The molecule has 0 heterocycles. The van der Waals surface area contributed by atoms with Crippen LogP contribution in [0.1, 0.15) is 26.7 Å². The van der Waals surface area contributed by atoms with Crippen LogP contribution in [0.2, 0.25) is 0 Å². The Hall–Kier alpha value is -0.120. The molecule has 13 heavy (non-hydrogen) atoms. The van der Waals surface area contributed by atoms with Crippen molar-refractivity contribution in [3.05, 3.63) is 0 Å². The Morgan fingerprint density at radius 1 is 1.38 bits per heavy atom. The molecule has 0 aromatic carbocycles. The summed E-state index contributed by atoms with van der Waals surface area (Å²) < 4.78 is 0. The highest BCUT2D eigenvalue weighted by Gasteiger charge is 2.50. The van der Waals surface area contributed by atoms with Gasteiger partial charge in [0, 0.05) is 24.1 Å². The van der Waals surface area contributed by atoms with E-state index in [0.29, 0.717) is 24.6 Å². The quantitative estimate of drug-likeness (QED) is 0.585. The van der Waals surface area contributed by atoms with Crippen LogP contribution in [0.25, 0.3) is 0 Å². The predicted octanol–water partition coefficient (Wildman–Crippen LogP) is 0.116. The maximum Gasteiger partial charge on any atom is 0.0621 e. The van der Waals surface area contributed by atoms with E-state index in [2.05, 4.69) is 19.2 Å². The topological polar surface area (TPSA) is 52.5 Å². The van der Waals surface area contributed by atoms with Crippen LogP contribution in [0.3, 0.4) is 0 Å². The van der Waals surface area contributed by atoms with Crippen molar-refractivity contribution in [1.29, 1.82) is 0 Å². The normalized spacial score (nSPS) is 47.1. The van der Waals surface area contributed by atoms with Gasteiger partial charge in [-0.05, 0) is 18.8 Å². The minimum absolute atomic E-state index is 0.0165. The number of hydrogen-bond donors (Lipinski definition) is 3. The Labute approximate surface area is 79.2 Å². The van der Waals surface area contributed by atoms with E-state index in [0.717, 1.165) is 12.8 Å². The zero-order valence-corrected chi connectivity index (χ0v) is 8.33. The SMILES string of the molecule is CC1(C)C(O)CC1NC1CC1CO. The molecule has 0 radical (unpaired) electrons. The fraction of sp³-hybridized carbons (Fsp3) is 1.00. The minimum Gasteiger partial charge on any atom is -0.396 e. The van der Waals surface area contributed by atoms with E-state index in [1.165, 1.54) is 0 Å². The Kier molecular flexibility index (Phi) is 2.13. The molecule has 0 aliphatic heterocycles. The maximum absolute atomic E-state index is 9.51. The van der Waals surface area contributed by atoms with E-state index < -0.39 is 0 Å². The molecule has 4 atom stereocenters. The second-order valence-electron chi connectivity index (χ2n) is 5.08. The van der Waals surface area contributed by atoms with Crippen LogP contribution < -0.4 is 5.32 Å². The maximum atomic E-state index is 9.51. The van der Waals surface area contributed by atoms with Gasteiger partial charge in [0.25, 0.3) is 0 Å². The molecule has 3 N–H and O–H groups in total. The van der Waals surface area contributed by atoms with E-state index in [4.69, 9.17) is 5.11 Å². The van der Waals surface area contributed by atoms with Crippen molar-refractivity contribution in [2.75, 3.05) is 6.61 Å². The highest BCUT2D eigenvalue weighted by Crippen LogP contribution is 2.43. The lowest BCUT2D eigenvalue weighted by atomic mass is 9.64. The third-order valence-corrected chi connectivity index (χ3v) is 3.79. The summed E-state index contributed by atoms with van der Waals surface area (Å²) in [6, 6.07) is 0.936. The summed E-state index contributed by atoms with van der Waals surface area (Å²) in [4.78, 5) is 0. The van der Waals surface area contributed by atoms with E-state index in [9.17, 15) is 5.11 Å². The molecule has 2 aliphatic rings. The standard InChI is InChI=1S/C10H19NO2/c1-10(2)8(4-9(10)13)11-7-3-6(7)5-12/h6-9,11-13H,3-5H2,1-2H3. The van der Waals surface area contributed by atoms with E-state index in [1.807, 2.05) is 0 Å². The molecule has 0 saturated heterocycles. The summed E-state index contributed by atoms with van der Waals surface area (Å²) in [6.45, 7) is 4.48. The van der Waals surface area contributed by atoms with Gasteiger partial charge in [-0.25, -0.2) is 0 Å². The lowest BCUT2D eigenvalue weighted by Gasteiger charge is -2.50. The number of nitrogens with one attached hydrogen (secondary N) is 1. The lowest BCUT2D eigenvalue weighted by molar-refractivity contribution is -0.0735. The molecule has 0 amide bonds. The molecule has 0 aromatic heterocycles. The Morgan fingerprint density at radius 2 is 2.08 bits per heavy atom. The zero-order valence-electron chi connectivity index (χ0n) is 8.33. The van der Waals surface area contributed by atoms with Crippen LogP contribution in [0.15, 0.2) is 0 Å². The van der Waals surface area contributed by atoms with Crippen LogP contribution in [0.5, 0.6) is 0 Å². The fourth-order valence-corrected chi connectivity index (χ4v) is 2.10. The van der Waals surface area contributed by atoms with Crippen molar-refractivity contribution >= 4 is 0 Å². The second-order valence-corrected chi connectivity index (χ2v) is 5.08. The van der Waals surface area contributed by atoms with E-state index >= 15 is 0 Å². The van der Waals surface area contributed by atoms with Crippen molar-refractivity contribution < 1.29 is 10.2 Å². The highest BCUT2D eigenvalue weighted by molar-refractivity contribution is 5.06. The van der Waals surface area contributed by atoms with Crippen LogP contribution in [0.4, 0.5) is 0 Å². The molecule has 0 spiro atoms. The average molecular weight is 185 g/mol. The van der Waals surface area contributed by atoms with E-state index in [-0.39, 0.29) is 11.5 Å². The monoisotopic (exact) mass is 185 g/mol. The van der Waals surface area contributed by atoms with Gasteiger partial charge in [-0.15, -0.1) is 0 Å². The molecule has 4 unspecified atom stereocenters. The van der Waals surface area contributed by atoms with Gasteiger partial charge in [0.2, 0.25) is 0 Å². The summed E-state index contributed by atoms with van der Waals surface area (Å²) in [5.41, 5.74) is 0.0165. The van der Waals surface area contributed by atoms with Gasteiger partial charge in [-0.3, -0.25) is 0 Å². The smallest absolute Gasteiger partial charge is 0.0621 e. The Bertz CT molecular complexity index is 205. The first-order valence-corrected chi connectivity index (χ1v) is 5.10. The number of aliphatic hydroxyl groups excluding tert-OH is 2. The molecule has 3 heteroatoms. The van der Waals surface area contributed by atoms with Crippen molar-refractivity contribution in [3.63, 3.8) is 0 Å². The largest absolute Gasteiger partial charge is 0.396 e. The van der Waals surface area contributed by atoms with Crippen molar-refractivity contribution in [2.24, 2.45) is 11.3 Å². The number of aliphatic hydroxyl groups is 2. The number of hydrogen-bond acceptors (Lipinski definition) is 3. The Morgan fingerprint density at radius 3 is 2.46 bits per heavy atom.